The first-order chi connectivity index (χ1) is 17.2. The second-order valence-electron chi connectivity index (χ2n) is 11.1. The van der Waals surface area contributed by atoms with Crippen LogP contribution >= 0.6 is 11.6 Å². The predicted octanol–water partition coefficient (Wildman–Crippen LogP) is 5.54. The number of anilines is 2. The molecule has 196 valence electrons. The number of nitrogens with two attached hydrogens (primary N) is 1. The highest BCUT2D eigenvalue weighted by atomic mass is 35.5. The van der Waals surface area contributed by atoms with Crippen molar-refractivity contribution < 1.29 is 9.53 Å². The lowest BCUT2D eigenvalue weighted by Gasteiger charge is -2.33. The highest BCUT2D eigenvalue weighted by molar-refractivity contribution is 6.33. The molecule has 3 heterocycles. The maximum absolute atomic E-state index is 12.3. The molecule has 1 saturated carbocycles. The molecule has 0 bridgehead atoms. The molecule has 0 atom stereocenters. The maximum atomic E-state index is 12.3. The monoisotopic (exact) mass is 514 g/mol. The lowest BCUT2D eigenvalue weighted by atomic mass is 9.92. The average Bonchev–Trinajstić information content (AvgIpc) is 2.85. The van der Waals surface area contributed by atoms with Crippen LogP contribution in [0.25, 0.3) is 11.1 Å². The molecule has 0 aromatic carbocycles. The van der Waals surface area contributed by atoms with Crippen molar-refractivity contribution in [2.24, 2.45) is 11.7 Å². The van der Waals surface area contributed by atoms with E-state index in [4.69, 9.17) is 22.1 Å². The van der Waals surface area contributed by atoms with Crippen LogP contribution in [0.4, 0.5) is 16.3 Å². The zero-order valence-corrected chi connectivity index (χ0v) is 22.4. The van der Waals surface area contributed by atoms with E-state index in [1.54, 1.807) is 6.20 Å². The van der Waals surface area contributed by atoms with E-state index in [1.165, 1.54) is 0 Å². The number of ether oxygens (including phenoxy) is 1. The van der Waals surface area contributed by atoms with Gasteiger partial charge >= 0.3 is 6.09 Å². The fourth-order valence-electron chi connectivity index (χ4n) is 4.80. The zero-order chi connectivity index (χ0) is 25.7. The first kappa shape index (κ1) is 26.5. The van der Waals surface area contributed by atoms with Crippen molar-refractivity contribution in [2.45, 2.75) is 77.0 Å². The fraction of sp³-hybridized carbons (Fsp3) is 0.593. The quantitative estimate of drug-likeness (QED) is 0.464. The van der Waals surface area contributed by atoms with E-state index < -0.39 is 5.60 Å². The Bertz CT molecular complexity index is 1030. The number of hydrogen-bond acceptors (Lipinski definition) is 7. The molecule has 1 amide bonds. The van der Waals surface area contributed by atoms with Crippen molar-refractivity contribution in [3.05, 3.63) is 35.7 Å². The second kappa shape index (κ2) is 11.6. The Hall–Kier alpha value is -2.58. The third kappa shape index (κ3) is 7.46. The number of hydrogen-bond donors (Lipinski definition) is 3. The van der Waals surface area contributed by atoms with Gasteiger partial charge in [-0.3, -0.25) is 4.98 Å². The molecule has 2 aliphatic rings. The molecule has 2 aromatic rings. The topological polar surface area (TPSA) is 105 Å². The van der Waals surface area contributed by atoms with E-state index in [9.17, 15) is 4.79 Å². The molecule has 0 unspecified atom stereocenters. The van der Waals surface area contributed by atoms with Crippen molar-refractivity contribution in [3.8, 4) is 11.1 Å². The molecule has 4 N–H and O–H groups in total. The van der Waals surface area contributed by atoms with E-state index >= 15 is 0 Å². The minimum atomic E-state index is -0.466. The van der Waals surface area contributed by atoms with Crippen LogP contribution in [0, 0.1) is 5.92 Å². The van der Waals surface area contributed by atoms with Crippen molar-refractivity contribution in [2.75, 3.05) is 30.3 Å². The molecule has 1 aliphatic heterocycles. The van der Waals surface area contributed by atoms with Gasteiger partial charge in [-0.15, -0.1) is 0 Å². The molecule has 9 heteroatoms. The highest BCUT2D eigenvalue weighted by Crippen LogP contribution is 2.31. The fourth-order valence-corrected chi connectivity index (χ4v) is 5.02. The summed E-state index contributed by atoms with van der Waals surface area (Å²) in [7, 11) is 0. The molecule has 4 rings (SSSR count). The van der Waals surface area contributed by atoms with Gasteiger partial charge < -0.3 is 26.0 Å². The van der Waals surface area contributed by atoms with Gasteiger partial charge in [-0.25, -0.2) is 9.78 Å². The normalized spacial score (nSPS) is 21.2. The van der Waals surface area contributed by atoms with Gasteiger partial charge in [-0.2, -0.15) is 0 Å². The largest absolute Gasteiger partial charge is 0.444 e. The minimum absolute atomic E-state index is 0.221. The van der Waals surface area contributed by atoms with Gasteiger partial charge in [-0.1, -0.05) is 11.6 Å². The Balaban J connectivity index is 1.32. The number of nitrogens with zero attached hydrogens (tertiary/aromatic N) is 3. The van der Waals surface area contributed by atoms with Crippen molar-refractivity contribution in [1.29, 1.82) is 0 Å². The maximum Gasteiger partial charge on any atom is 0.410 e. The van der Waals surface area contributed by atoms with Crippen LogP contribution in [0.1, 0.15) is 59.3 Å². The Morgan fingerprint density at radius 2 is 1.83 bits per heavy atom. The van der Waals surface area contributed by atoms with Gasteiger partial charge in [0, 0.05) is 61.4 Å². The smallest absolute Gasteiger partial charge is 0.410 e. The lowest BCUT2D eigenvalue weighted by molar-refractivity contribution is 0.0188. The van der Waals surface area contributed by atoms with Gasteiger partial charge in [0.2, 0.25) is 0 Å². The molecule has 8 nitrogen and oxygen atoms in total. The molecule has 1 aliphatic carbocycles. The van der Waals surface area contributed by atoms with Crippen LogP contribution in [0.5, 0.6) is 0 Å². The predicted molar refractivity (Wildman–Crippen MR) is 145 cm³/mol. The van der Waals surface area contributed by atoms with Gasteiger partial charge in [0.05, 0.1) is 10.7 Å². The summed E-state index contributed by atoms with van der Waals surface area (Å²) < 4.78 is 5.50. The van der Waals surface area contributed by atoms with Crippen LogP contribution in [0.3, 0.4) is 0 Å². The molecule has 2 aromatic heterocycles. The minimum Gasteiger partial charge on any atom is -0.444 e. The number of rotatable bonds is 6. The van der Waals surface area contributed by atoms with E-state index in [-0.39, 0.29) is 6.09 Å². The lowest BCUT2D eigenvalue weighted by Crippen LogP contribution is -2.42. The van der Waals surface area contributed by atoms with Gasteiger partial charge in [0.15, 0.2) is 0 Å². The Morgan fingerprint density at radius 1 is 1.11 bits per heavy atom. The summed E-state index contributed by atoms with van der Waals surface area (Å²) in [6.45, 7) is 7.95. The number of pyridine rings is 2. The number of carbonyl (C=O) groups excluding carboxylic acids is 1. The van der Waals surface area contributed by atoms with Crippen molar-refractivity contribution in [1.82, 2.24) is 14.9 Å². The summed E-state index contributed by atoms with van der Waals surface area (Å²) in [5.74, 6) is 1.31. The van der Waals surface area contributed by atoms with Gasteiger partial charge in [0.25, 0.3) is 0 Å². The second-order valence-corrected chi connectivity index (χ2v) is 11.5. The molecular formula is C27H39ClN6O2. The average molecular weight is 515 g/mol. The molecule has 0 radical (unpaired) electrons. The Morgan fingerprint density at radius 3 is 2.53 bits per heavy atom. The Labute approximate surface area is 219 Å². The molecule has 36 heavy (non-hydrogen) atoms. The highest BCUT2D eigenvalue weighted by Gasteiger charge is 2.27. The van der Waals surface area contributed by atoms with Crippen LogP contribution in [-0.2, 0) is 4.74 Å². The summed E-state index contributed by atoms with van der Waals surface area (Å²) in [5.41, 5.74) is 8.37. The first-order valence-electron chi connectivity index (χ1n) is 13.0. The van der Waals surface area contributed by atoms with Crippen LogP contribution < -0.4 is 16.4 Å². The van der Waals surface area contributed by atoms with E-state index in [0.29, 0.717) is 23.0 Å². The van der Waals surface area contributed by atoms with Crippen molar-refractivity contribution in [3.63, 3.8) is 0 Å². The number of likely N-dealkylation sites (tertiary alicyclic amines) is 1. The summed E-state index contributed by atoms with van der Waals surface area (Å²) in [5, 5.41) is 7.67. The third-order valence-corrected chi connectivity index (χ3v) is 7.19. The number of piperidine rings is 1. The van der Waals surface area contributed by atoms with Gasteiger partial charge in [-0.05, 0) is 77.3 Å². The standard InChI is InChI=1S/C27H39ClN6O2/c1-27(2,3)36-26(35)34-10-8-18(9-11-34)14-31-22-12-19(15-30-16-22)23-13-25(32-17-24(23)28)33-21-6-4-20(29)5-7-21/h12-13,15-18,20-21,31H,4-11,14,29H2,1-3H3,(H,32,33)/t20-,21-. The summed E-state index contributed by atoms with van der Waals surface area (Å²) in [6.07, 6.45) is 11.2. The summed E-state index contributed by atoms with van der Waals surface area (Å²) in [6, 6.07) is 4.78. The number of nitrogens with one attached hydrogen (secondary N) is 2. The van der Waals surface area contributed by atoms with Crippen LogP contribution in [-0.4, -0.2) is 58.3 Å². The SMILES string of the molecule is CC(C)(C)OC(=O)N1CCC(CNc2cncc(-c3cc(N[C@H]4CC[C@H](N)CC4)ncc3Cl)c2)CC1. The molecule has 2 fully saturated rings. The number of amides is 1. The number of halogens is 1. The van der Waals surface area contributed by atoms with E-state index in [1.807, 2.05) is 44.1 Å². The number of aromatic nitrogens is 2. The van der Waals surface area contributed by atoms with Crippen molar-refractivity contribution >= 4 is 29.2 Å². The molecule has 1 saturated heterocycles. The van der Waals surface area contributed by atoms with Crippen LogP contribution in [0.15, 0.2) is 30.7 Å². The Kier molecular flexibility index (Phi) is 8.57. The summed E-state index contributed by atoms with van der Waals surface area (Å²) >= 11 is 6.53. The molecule has 0 spiro atoms. The first-order valence-corrected chi connectivity index (χ1v) is 13.4. The zero-order valence-electron chi connectivity index (χ0n) is 21.6. The van der Waals surface area contributed by atoms with Gasteiger partial charge in [0.1, 0.15) is 11.4 Å². The third-order valence-electron chi connectivity index (χ3n) is 6.89. The van der Waals surface area contributed by atoms with Crippen LogP contribution in [0.2, 0.25) is 5.02 Å². The molecular weight excluding hydrogens is 476 g/mol. The van der Waals surface area contributed by atoms with E-state index in [2.05, 4.69) is 26.7 Å². The van der Waals surface area contributed by atoms with E-state index in [0.717, 1.165) is 80.8 Å². The number of carbonyl (C=O) groups is 1. The summed E-state index contributed by atoms with van der Waals surface area (Å²) in [4.78, 5) is 23.0.